The van der Waals surface area contributed by atoms with Crippen LogP contribution in [0.5, 0.6) is 0 Å². The van der Waals surface area contributed by atoms with Gasteiger partial charge in [-0.05, 0) is 38.1 Å². The first-order valence-corrected chi connectivity index (χ1v) is 7.22. The summed E-state index contributed by atoms with van der Waals surface area (Å²) in [6, 6.07) is 0.665. The number of rotatable bonds is 5. The summed E-state index contributed by atoms with van der Waals surface area (Å²) >= 11 is 6.36. The van der Waals surface area contributed by atoms with Gasteiger partial charge in [-0.1, -0.05) is 32.4 Å². The third-order valence-electron chi connectivity index (χ3n) is 3.99. The molecule has 0 radical (unpaired) electrons. The highest BCUT2D eigenvalue weighted by atomic mass is 35.5. The monoisotopic (exact) mass is 269 g/mol. The Kier molecular flexibility index (Phi) is 3.75. The summed E-state index contributed by atoms with van der Waals surface area (Å²) in [5.74, 6) is 0.657. The molecular formula is C14H24ClN3. The molecule has 0 bridgehead atoms. The number of nitrogens with zero attached hydrogens (tertiary/aromatic N) is 2. The molecule has 3 nitrogen and oxygen atoms in total. The largest absolute Gasteiger partial charge is 0.309 e. The van der Waals surface area contributed by atoms with Crippen molar-refractivity contribution < 1.29 is 0 Å². The average molecular weight is 270 g/mol. The molecule has 2 rings (SSSR count). The van der Waals surface area contributed by atoms with Gasteiger partial charge >= 0.3 is 0 Å². The van der Waals surface area contributed by atoms with Crippen molar-refractivity contribution in [3.63, 3.8) is 0 Å². The zero-order chi connectivity index (χ0) is 13.5. The lowest BCUT2D eigenvalue weighted by Gasteiger charge is -2.23. The fourth-order valence-electron chi connectivity index (χ4n) is 2.78. The van der Waals surface area contributed by atoms with Crippen molar-refractivity contribution in [1.29, 1.82) is 0 Å². The lowest BCUT2D eigenvalue weighted by atomic mass is 10.0. The van der Waals surface area contributed by atoms with Gasteiger partial charge in [-0.15, -0.1) is 0 Å². The molecular weight excluding hydrogens is 246 g/mol. The van der Waals surface area contributed by atoms with Crippen LogP contribution >= 0.6 is 11.6 Å². The van der Waals surface area contributed by atoms with Crippen molar-refractivity contribution in [3.05, 3.63) is 16.9 Å². The second-order valence-corrected chi connectivity index (χ2v) is 6.66. The molecule has 0 amide bonds. The van der Waals surface area contributed by atoms with E-state index in [-0.39, 0.29) is 0 Å². The molecule has 1 aromatic rings. The molecule has 102 valence electrons. The first kappa shape index (κ1) is 13.9. The SMILES string of the molecule is CCNC(c1c(Cl)cnn1C(C)C)C1CC1(C)C. The van der Waals surface area contributed by atoms with Crippen LogP contribution in [0.4, 0.5) is 0 Å². The Labute approximate surface area is 115 Å². The molecule has 1 aromatic heterocycles. The van der Waals surface area contributed by atoms with E-state index in [1.165, 1.54) is 6.42 Å². The molecule has 1 N–H and O–H groups in total. The minimum absolute atomic E-state index is 0.322. The molecule has 0 saturated heterocycles. The molecule has 1 aliphatic carbocycles. The molecule has 1 heterocycles. The molecule has 0 aliphatic heterocycles. The van der Waals surface area contributed by atoms with E-state index in [2.05, 4.69) is 49.7 Å². The minimum atomic E-state index is 0.322. The van der Waals surface area contributed by atoms with Crippen LogP contribution < -0.4 is 5.32 Å². The van der Waals surface area contributed by atoms with E-state index in [9.17, 15) is 0 Å². The van der Waals surface area contributed by atoms with Crippen LogP contribution in [0, 0.1) is 11.3 Å². The molecule has 2 atom stereocenters. The van der Waals surface area contributed by atoms with Crippen LogP contribution in [-0.4, -0.2) is 16.3 Å². The van der Waals surface area contributed by atoms with Gasteiger partial charge in [-0.25, -0.2) is 0 Å². The summed E-state index contributed by atoms with van der Waals surface area (Å²) in [4.78, 5) is 0. The summed E-state index contributed by atoms with van der Waals surface area (Å²) in [7, 11) is 0. The van der Waals surface area contributed by atoms with Crippen LogP contribution in [0.15, 0.2) is 6.20 Å². The van der Waals surface area contributed by atoms with E-state index in [1.807, 2.05) is 0 Å². The summed E-state index contributed by atoms with van der Waals surface area (Å²) in [5.41, 5.74) is 1.58. The van der Waals surface area contributed by atoms with E-state index in [0.29, 0.717) is 23.4 Å². The van der Waals surface area contributed by atoms with Gasteiger partial charge in [0.25, 0.3) is 0 Å². The molecule has 1 fully saturated rings. The maximum Gasteiger partial charge on any atom is 0.0834 e. The molecule has 1 saturated carbocycles. The minimum Gasteiger partial charge on any atom is -0.309 e. The topological polar surface area (TPSA) is 29.9 Å². The Hall–Kier alpha value is -0.540. The van der Waals surface area contributed by atoms with E-state index in [1.54, 1.807) is 6.20 Å². The number of hydrogen-bond donors (Lipinski definition) is 1. The van der Waals surface area contributed by atoms with Crippen molar-refractivity contribution in [2.75, 3.05) is 6.54 Å². The number of nitrogens with one attached hydrogen (secondary N) is 1. The van der Waals surface area contributed by atoms with E-state index in [4.69, 9.17) is 11.6 Å². The highest BCUT2D eigenvalue weighted by Crippen LogP contribution is 2.58. The second-order valence-electron chi connectivity index (χ2n) is 6.25. The van der Waals surface area contributed by atoms with Crippen LogP contribution in [0.1, 0.15) is 58.8 Å². The van der Waals surface area contributed by atoms with Crippen LogP contribution in [0.25, 0.3) is 0 Å². The highest BCUT2D eigenvalue weighted by Gasteiger charge is 2.51. The Bertz CT molecular complexity index is 423. The normalized spacial score (nSPS) is 23.4. The van der Waals surface area contributed by atoms with Gasteiger partial charge in [0, 0.05) is 6.04 Å². The van der Waals surface area contributed by atoms with E-state index < -0.39 is 0 Å². The van der Waals surface area contributed by atoms with Crippen LogP contribution in [0.3, 0.4) is 0 Å². The first-order valence-electron chi connectivity index (χ1n) is 6.84. The summed E-state index contributed by atoms with van der Waals surface area (Å²) in [6.07, 6.45) is 3.03. The predicted octanol–water partition coefficient (Wildman–Crippen LogP) is 3.81. The Morgan fingerprint density at radius 1 is 1.56 bits per heavy atom. The quantitative estimate of drug-likeness (QED) is 0.881. The standard InChI is InChI=1S/C14H24ClN3/c1-6-16-12(10-7-14(10,4)5)13-11(15)8-17-18(13)9(2)3/h8-10,12,16H,6-7H2,1-5H3. The Morgan fingerprint density at radius 3 is 2.61 bits per heavy atom. The molecule has 0 aromatic carbocycles. The van der Waals surface area contributed by atoms with Gasteiger partial charge in [0.2, 0.25) is 0 Å². The van der Waals surface area contributed by atoms with Crippen molar-refractivity contribution in [2.45, 2.75) is 53.1 Å². The average Bonchev–Trinajstić information content (AvgIpc) is 2.72. The molecule has 1 aliphatic rings. The lowest BCUT2D eigenvalue weighted by Crippen LogP contribution is -2.27. The fraction of sp³-hybridized carbons (Fsp3) is 0.786. The number of hydrogen-bond acceptors (Lipinski definition) is 2. The lowest BCUT2D eigenvalue weighted by molar-refractivity contribution is 0.383. The summed E-state index contributed by atoms with van der Waals surface area (Å²) in [5, 5.41) is 8.80. The van der Waals surface area contributed by atoms with Gasteiger partial charge in [0.05, 0.1) is 23.0 Å². The third-order valence-corrected chi connectivity index (χ3v) is 4.28. The smallest absolute Gasteiger partial charge is 0.0834 e. The van der Waals surface area contributed by atoms with Gasteiger partial charge < -0.3 is 5.32 Å². The number of aromatic nitrogens is 2. The fourth-order valence-corrected chi connectivity index (χ4v) is 3.03. The highest BCUT2D eigenvalue weighted by molar-refractivity contribution is 6.31. The molecule has 2 unspecified atom stereocenters. The maximum atomic E-state index is 6.36. The van der Waals surface area contributed by atoms with Gasteiger partial charge in [-0.2, -0.15) is 5.10 Å². The van der Waals surface area contributed by atoms with Gasteiger partial charge in [-0.3, -0.25) is 4.68 Å². The van der Waals surface area contributed by atoms with E-state index in [0.717, 1.165) is 17.3 Å². The van der Waals surface area contributed by atoms with Crippen molar-refractivity contribution in [3.8, 4) is 0 Å². The van der Waals surface area contributed by atoms with Crippen molar-refractivity contribution in [2.24, 2.45) is 11.3 Å². The number of halogens is 1. The zero-order valence-corrected chi connectivity index (χ0v) is 12.8. The Morgan fingerprint density at radius 2 is 2.17 bits per heavy atom. The van der Waals surface area contributed by atoms with Crippen molar-refractivity contribution >= 4 is 11.6 Å². The van der Waals surface area contributed by atoms with Gasteiger partial charge in [0.1, 0.15) is 0 Å². The zero-order valence-electron chi connectivity index (χ0n) is 12.0. The van der Waals surface area contributed by atoms with Crippen LogP contribution in [0.2, 0.25) is 5.02 Å². The summed E-state index contributed by atoms with van der Waals surface area (Å²) in [6.45, 7) is 12.0. The maximum absolute atomic E-state index is 6.36. The Balaban J connectivity index is 2.34. The third kappa shape index (κ3) is 2.43. The molecule has 0 spiro atoms. The molecule has 18 heavy (non-hydrogen) atoms. The van der Waals surface area contributed by atoms with Gasteiger partial charge in [0.15, 0.2) is 0 Å². The summed E-state index contributed by atoms with van der Waals surface area (Å²) < 4.78 is 2.06. The second kappa shape index (κ2) is 4.86. The molecule has 4 heteroatoms. The predicted molar refractivity (Wildman–Crippen MR) is 75.9 cm³/mol. The van der Waals surface area contributed by atoms with Crippen molar-refractivity contribution in [1.82, 2.24) is 15.1 Å². The van der Waals surface area contributed by atoms with E-state index >= 15 is 0 Å². The van der Waals surface area contributed by atoms with Crippen LogP contribution in [-0.2, 0) is 0 Å². The first-order chi connectivity index (χ1) is 8.38.